The maximum atomic E-state index is 6.13. The van der Waals surface area contributed by atoms with E-state index in [0.29, 0.717) is 12.6 Å². The van der Waals surface area contributed by atoms with Gasteiger partial charge >= 0.3 is 0 Å². The third-order valence-corrected chi connectivity index (χ3v) is 2.90. The Morgan fingerprint density at radius 3 is 2.47 bits per heavy atom. The lowest BCUT2D eigenvalue weighted by atomic mass is 10.1. The number of benzene rings is 1. The van der Waals surface area contributed by atoms with Gasteiger partial charge in [0.25, 0.3) is 0 Å². The smallest absolute Gasteiger partial charge is 0.0471 e. The van der Waals surface area contributed by atoms with Crippen molar-refractivity contribution in [2.45, 2.75) is 33.4 Å². The molecule has 0 amide bonds. The minimum atomic E-state index is 0.481. The van der Waals surface area contributed by atoms with E-state index in [1.54, 1.807) is 0 Å². The minimum Gasteiger partial charge on any atom is -0.369 e. The van der Waals surface area contributed by atoms with Gasteiger partial charge in [-0.25, -0.2) is 0 Å². The highest BCUT2D eigenvalue weighted by Gasteiger charge is 2.09. The predicted octanol–water partition coefficient (Wildman–Crippen LogP) is 3.03. The van der Waals surface area contributed by atoms with Gasteiger partial charge in [-0.3, -0.25) is 0 Å². The van der Waals surface area contributed by atoms with Gasteiger partial charge in [0, 0.05) is 29.8 Å². The lowest BCUT2D eigenvalue weighted by molar-refractivity contribution is 0.703. The van der Waals surface area contributed by atoms with Gasteiger partial charge in [-0.1, -0.05) is 17.7 Å². The summed E-state index contributed by atoms with van der Waals surface area (Å²) in [6, 6.07) is 6.56. The standard InChI is InChI=1S/C12H19ClN2/c1-4-15(9(2)3)11-6-5-10(8-14)12(13)7-11/h5-7,9H,4,8,14H2,1-3H3. The maximum absolute atomic E-state index is 6.13. The fraction of sp³-hybridized carbons (Fsp3) is 0.500. The molecule has 0 saturated carbocycles. The van der Waals surface area contributed by atoms with E-state index in [1.807, 2.05) is 12.1 Å². The Bertz CT molecular complexity index is 323. The molecule has 0 aromatic heterocycles. The number of anilines is 1. The molecule has 0 unspecified atom stereocenters. The van der Waals surface area contributed by atoms with Gasteiger partial charge < -0.3 is 10.6 Å². The first kappa shape index (κ1) is 12.3. The molecule has 1 aromatic carbocycles. The molecule has 0 aliphatic carbocycles. The second kappa shape index (κ2) is 5.38. The first-order valence-corrected chi connectivity index (χ1v) is 5.73. The first-order chi connectivity index (χ1) is 7.10. The van der Waals surface area contributed by atoms with Crippen LogP contribution in [0.15, 0.2) is 18.2 Å². The van der Waals surface area contributed by atoms with Crippen LogP contribution in [0.1, 0.15) is 26.3 Å². The molecule has 1 aromatic rings. The van der Waals surface area contributed by atoms with Crippen molar-refractivity contribution in [3.05, 3.63) is 28.8 Å². The molecule has 0 atom stereocenters. The van der Waals surface area contributed by atoms with E-state index in [9.17, 15) is 0 Å². The SMILES string of the molecule is CCN(c1ccc(CN)c(Cl)c1)C(C)C. The number of hydrogen-bond donors (Lipinski definition) is 1. The van der Waals surface area contributed by atoms with Gasteiger partial charge in [-0.2, -0.15) is 0 Å². The molecular formula is C12H19ClN2. The van der Waals surface area contributed by atoms with E-state index < -0.39 is 0 Å². The van der Waals surface area contributed by atoms with Gasteiger partial charge in [0.05, 0.1) is 0 Å². The van der Waals surface area contributed by atoms with Crippen molar-refractivity contribution in [3.8, 4) is 0 Å². The summed E-state index contributed by atoms with van der Waals surface area (Å²) in [4.78, 5) is 2.30. The Morgan fingerprint density at radius 2 is 2.07 bits per heavy atom. The summed E-state index contributed by atoms with van der Waals surface area (Å²) in [5.41, 5.74) is 7.73. The molecule has 0 bridgehead atoms. The quantitative estimate of drug-likeness (QED) is 0.855. The third-order valence-electron chi connectivity index (χ3n) is 2.55. The molecule has 84 valence electrons. The normalized spacial score (nSPS) is 10.8. The fourth-order valence-corrected chi connectivity index (χ4v) is 1.98. The number of nitrogens with zero attached hydrogens (tertiary/aromatic N) is 1. The van der Waals surface area contributed by atoms with E-state index in [1.165, 1.54) is 0 Å². The van der Waals surface area contributed by atoms with Crippen molar-refractivity contribution >= 4 is 17.3 Å². The summed E-state index contributed by atoms with van der Waals surface area (Å²) >= 11 is 6.13. The average molecular weight is 227 g/mol. The Balaban J connectivity index is 3.00. The third kappa shape index (κ3) is 2.86. The number of halogens is 1. The zero-order valence-electron chi connectivity index (χ0n) is 9.63. The van der Waals surface area contributed by atoms with Crippen LogP contribution in [0.25, 0.3) is 0 Å². The highest BCUT2D eigenvalue weighted by molar-refractivity contribution is 6.31. The molecule has 0 saturated heterocycles. The highest BCUT2D eigenvalue weighted by Crippen LogP contribution is 2.24. The Labute approximate surface area is 97.0 Å². The van der Waals surface area contributed by atoms with Gasteiger partial charge in [0.1, 0.15) is 0 Å². The Hall–Kier alpha value is -0.730. The molecule has 0 aliphatic heterocycles. The summed E-state index contributed by atoms with van der Waals surface area (Å²) in [6.07, 6.45) is 0. The topological polar surface area (TPSA) is 29.3 Å². The van der Waals surface area contributed by atoms with Gasteiger partial charge in [-0.05, 0) is 38.5 Å². The molecule has 1 rings (SSSR count). The summed E-state index contributed by atoms with van der Waals surface area (Å²) in [7, 11) is 0. The van der Waals surface area contributed by atoms with E-state index in [-0.39, 0.29) is 0 Å². The first-order valence-electron chi connectivity index (χ1n) is 5.35. The van der Waals surface area contributed by atoms with Crippen LogP contribution in [0.5, 0.6) is 0 Å². The van der Waals surface area contributed by atoms with Crippen LogP contribution >= 0.6 is 11.6 Å². The monoisotopic (exact) mass is 226 g/mol. The van der Waals surface area contributed by atoms with Crippen molar-refractivity contribution in [1.29, 1.82) is 0 Å². The zero-order valence-corrected chi connectivity index (χ0v) is 10.4. The van der Waals surface area contributed by atoms with Crippen LogP contribution in [0, 0.1) is 0 Å². The lowest BCUT2D eigenvalue weighted by Crippen LogP contribution is -2.30. The van der Waals surface area contributed by atoms with Crippen LogP contribution in [-0.4, -0.2) is 12.6 Å². The zero-order chi connectivity index (χ0) is 11.4. The maximum Gasteiger partial charge on any atom is 0.0471 e. The van der Waals surface area contributed by atoms with E-state index in [0.717, 1.165) is 22.8 Å². The van der Waals surface area contributed by atoms with Crippen molar-refractivity contribution in [1.82, 2.24) is 0 Å². The van der Waals surface area contributed by atoms with E-state index in [2.05, 4.69) is 31.7 Å². The minimum absolute atomic E-state index is 0.481. The highest BCUT2D eigenvalue weighted by atomic mass is 35.5. The fourth-order valence-electron chi connectivity index (χ4n) is 1.73. The summed E-state index contributed by atoms with van der Waals surface area (Å²) in [6.45, 7) is 7.97. The number of rotatable bonds is 4. The van der Waals surface area contributed by atoms with Crippen molar-refractivity contribution in [3.63, 3.8) is 0 Å². The molecule has 0 spiro atoms. The summed E-state index contributed by atoms with van der Waals surface area (Å²) in [5.74, 6) is 0. The second-order valence-electron chi connectivity index (χ2n) is 3.86. The molecular weight excluding hydrogens is 208 g/mol. The molecule has 0 fully saturated rings. The molecule has 0 radical (unpaired) electrons. The molecule has 0 aliphatic rings. The van der Waals surface area contributed by atoms with Crippen LogP contribution in [-0.2, 0) is 6.54 Å². The van der Waals surface area contributed by atoms with E-state index >= 15 is 0 Å². The molecule has 0 heterocycles. The Morgan fingerprint density at radius 1 is 1.40 bits per heavy atom. The van der Waals surface area contributed by atoms with Crippen LogP contribution in [0.3, 0.4) is 0 Å². The molecule has 2 nitrogen and oxygen atoms in total. The second-order valence-corrected chi connectivity index (χ2v) is 4.27. The lowest BCUT2D eigenvalue weighted by Gasteiger charge is -2.27. The average Bonchev–Trinajstić information content (AvgIpc) is 2.18. The number of hydrogen-bond acceptors (Lipinski definition) is 2. The number of nitrogens with two attached hydrogens (primary N) is 1. The molecule has 15 heavy (non-hydrogen) atoms. The van der Waals surface area contributed by atoms with Crippen molar-refractivity contribution in [2.24, 2.45) is 5.73 Å². The molecule has 3 heteroatoms. The summed E-state index contributed by atoms with van der Waals surface area (Å²) < 4.78 is 0. The van der Waals surface area contributed by atoms with Crippen LogP contribution < -0.4 is 10.6 Å². The van der Waals surface area contributed by atoms with Gasteiger partial charge in [-0.15, -0.1) is 0 Å². The predicted molar refractivity (Wildman–Crippen MR) is 67.5 cm³/mol. The van der Waals surface area contributed by atoms with Crippen LogP contribution in [0.4, 0.5) is 5.69 Å². The van der Waals surface area contributed by atoms with Crippen LogP contribution in [0.2, 0.25) is 5.02 Å². The van der Waals surface area contributed by atoms with Crippen molar-refractivity contribution in [2.75, 3.05) is 11.4 Å². The van der Waals surface area contributed by atoms with Gasteiger partial charge in [0.2, 0.25) is 0 Å². The molecule has 2 N–H and O–H groups in total. The van der Waals surface area contributed by atoms with Crippen molar-refractivity contribution < 1.29 is 0 Å². The summed E-state index contributed by atoms with van der Waals surface area (Å²) in [5, 5.41) is 0.758. The van der Waals surface area contributed by atoms with E-state index in [4.69, 9.17) is 17.3 Å². The largest absolute Gasteiger partial charge is 0.369 e. The van der Waals surface area contributed by atoms with Gasteiger partial charge in [0.15, 0.2) is 0 Å². The Kier molecular flexibility index (Phi) is 4.43.